The zero-order chi connectivity index (χ0) is 18.4. The fraction of sp³-hybridized carbons (Fsp3) is 0.238. The maximum atomic E-state index is 12.3. The summed E-state index contributed by atoms with van der Waals surface area (Å²) in [6.07, 6.45) is 4.99. The topological polar surface area (TPSA) is 49.4 Å². The smallest absolute Gasteiger partial charge is 0.251 e. The van der Waals surface area contributed by atoms with Gasteiger partial charge in [-0.2, -0.15) is 0 Å². The highest BCUT2D eigenvalue weighted by Gasteiger charge is 2.23. The molecule has 4 nitrogen and oxygen atoms in total. The first-order valence-electron chi connectivity index (χ1n) is 8.70. The van der Waals surface area contributed by atoms with Gasteiger partial charge in [-0.25, -0.2) is 0 Å². The highest BCUT2D eigenvalue weighted by atomic mass is 79.9. The van der Waals surface area contributed by atoms with E-state index in [0.717, 1.165) is 22.9 Å². The summed E-state index contributed by atoms with van der Waals surface area (Å²) in [5.41, 5.74) is 1.65. The summed E-state index contributed by atoms with van der Waals surface area (Å²) in [7, 11) is 0. The summed E-state index contributed by atoms with van der Waals surface area (Å²) >= 11 is 3.43. The van der Waals surface area contributed by atoms with Crippen molar-refractivity contribution in [3.05, 3.63) is 76.3 Å². The maximum Gasteiger partial charge on any atom is 0.251 e. The van der Waals surface area contributed by atoms with Crippen LogP contribution in [-0.2, 0) is 4.79 Å². The first kappa shape index (κ1) is 18.4. The summed E-state index contributed by atoms with van der Waals surface area (Å²) in [5.74, 6) is -0.0391. The van der Waals surface area contributed by atoms with Crippen LogP contribution >= 0.6 is 15.9 Å². The van der Waals surface area contributed by atoms with Gasteiger partial charge in [0.2, 0.25) is 5.91 Å². The Bertz CT molecular complexity index is 797. The Kier molecular flexibility index (Phi) is 6.23. The zero-order valence-corrected chi connectivity index (χ0v) is 16.0. The normalized spacial score (nSPS) is 15.2. The minimum atomic E-state index is -0.0510. The monoisotopic (exact) mass is 412 g/mol. The molecule has 1 aliphatic rings. The molecule has 1 fully saturated rings. The Hall–Kier alpha value is -2.40. The molecule has 0 atom stereocenters. The highest BCUT2D eigenvalue weighted by Crippen LogP contribution is 2.15. The summed E-state index contributed by atoms with van der Waals surface area (Å²) in [6.45, 7) is 1.31. The van der Waals surface area contributed by atoms with E-state index in [9.17, 15) is 9.59 Å². The lowest BCUT2D eigenvalue weighted by Gasteiger charge is -2.31. The lowest BCUT2D eigenvalue weighted by molar-refractivity contribution is -0.126. The number of likely N-dealkylation sites (tertiary alicyclic amines) is 1. The molecular formula is C21H21BrN2O2. The van der Waals surface area contributed by atoms with Gasteiger partial charge in [-0.3, -0.25) is 9.59 Å². The molecule has 0 radical (unpaired) electrons. The third-order valence-corrected chi connectivity index (χ3v) is 4.94. The molecule has 3 rings (SSSR count). The molecule has 134 valence electrons. The second kappa shape index (κ2) is 8.81. The summed E-state index contributed by atoms with van der Waals surface area (Å²) in [4.78, 5) is 26.4. The lowest BCUT2D eigenvalue weighted by Crippen LogP contribution is -2.46. The molecule has 26 heavy (non-hydrogen) atoms. The fourth-order valence-corrected chi connectivity index (χ4v) is 3.40. The molecule has 2 amide bonds. The molecule has 0 aromatic heterocycles. The maximum absolute atomic E-state index is 12.3. The van der Waals surface area contributed by atoms with Gasteiger partial charge in [0.25, 0.3) is 5.91 Å². The van der Waals surface area contributed by atoms with Crippen molar-refractivity contribution in [3.8, 4) is 0 Å². The quantitative estimate of drug-likeness (QED) is 0.774. The SMILES string of the molecule is O=C(NC1CCN(C(=O)/C=C/c2cccc(Br)c2)CC1)c1ccccc1. The van der Waals surface area contributed by atoms with Gasteiger partial charge in [0.05, 0.1) is 0 Å². The van der Waals surface area contributed by atoms with E-state index in [1.54, 1.807) is 18.2 Å². The van der Waals surface area contributed by atoms with Crippen LogP contribution in [0.25, 0.3) is 6.08 Å². The predicted molar refractivity (Wildman–Crippen MR) is 107 cm³/mol. The van der Waals surface area contributed by atoms with Gasteiger partial charge in [-0.05, 0) is 48.7 Å². The molecular weight excluding hydrogens is 392 g/mol. The number of hydrogen-bond acceptors (Lipinski definition) is 2. The number of nitrogens with zero attached hydrogens (tertiary/aromatic N) is 1. The average molecular weight is 413 g/mol. The first-order chi connectivity index (χ1) is 12.6. The Morgan fingerprint density at radius 1 is 1.04 bits per heavy atom. The molecule has 0 spiro atoms. The molecule has 1 heterocycles. The van der Waals surface area contributed by atoms with Crippen molar-refractivity contribution >= 4 is 33.8 Å². The number of carbonyl (C=O) groups is 2. The molecule has 1 saturated heterocycles. The van der Waals surface area contributed by atoms with Gasteiger partial charge in [0.15, 0.2) is 0 Å². The minimum absolute atomic E-state index is 0.0119. The number of benzene rings is 2. The zero-order valence-electron chi connectivity index (χ0n) is 14.4. The number of nitrogens with one attached hydrogen (secondary N) is 1. The molecule has 2 aromatic rings. The van der Waals surface area contributed by atoms with E-state index in [1.807, 2.05) is 53.4 Å². The average Bonchev–Trinajstić information content (AvgIpc) is 2.67. The van der Waals surface area contributed by atoms with Crippen LogP contribution < -0.4 is 5.32 Å². The van der Waals surface area contributed by atoms with E-state index in [2.05, 4.69) is 21.2 Å². The predicted octanol–water partition coefficient (Wildman–Crippen LogP) is 3.88. The third kappa shape index (κ3) is 5.05. The van der Waals surface area contributed by atoms with Crippen molar-refractivity contribution in [2.24, 2.45) is 0 Å². The van der Waals surface area contributed by atoms with Crippen LogP contribution in [0.4, 0.5) is 0 Å². The van der Waals surface area contributed by atoms with Crippen molar-refractivity contribution < 1.29 is 9.59 Å². The second-order valence-corrected chi connectivity index (χ2v) is 7.24. The fourth-order valence-electron chi connectivity index (χ4n) is 2.99. The molecule has 1 aliphatic heterocycles. The van der Waals surface area contributed by atoms with Gasteiger partial charge in [-0.1, -0.05) is 46.3 Å². The van der Waals surface area contributed by atoms with E-state index in [1.165, 1.54) is 0 Å². The summed E-state index contributed by atoms with van der Waals surface area (Å²) in [6, 6.07) is 17.1. The molecule has 0 aliphatic carbocycles. The number of halogens is 1. The number of hydrogen-bond donors (Lipinski definition) is 1. The molecule has 0 bridgehead atoms. The van der Waals surface area contributed by atoms with E-state index in [0.29, 0.717) is 18.7 Å². The van der Waals surface area contributed by atoms with Crippen LogP contribution in [0, 0.1) is 0 Å². The van der Waals surface area contributed by atoms with Crippen LogP contribution in [0.15, 0.2) is 65.1 Å². The Balaban J connectivity index is 1.48. The first-order valence-corrected chi connectivity index (χ1v) is 9.49. The molecule has 1 N–H and O–H groups in total. The van der Waals surface area contributed by atoms with Crippen LogP contribution in [0.1, 0.15) is 28.8 Å². The van der Waals surface area contributed by atoms with Crippen molar-refractivity contribution in [2.45, 2.75) is 18.9 Å². The standard InChI is InChI=1S/C21H21BrN2O2/c22-18-8-4-5-16(15-18)9-10-20(25)24-13-11-19(12-14-24)23-21(26)17-6-2-1-3-7-17/h1-10,15,19H,11-14H2,(H,23,26)/b10-9+. The minimum Gasteiger partial charge on any atom is -0.349 e. The van der Waals surface area contributed by atoms with Crippen LogP contribution in [0.3, 0.4) is 0 Å². The molecule has 5 heteroatoms. The van der Waals surface area contributed by atoms with Gasteiger partial charge in [0.1, 0.15) is 0 Å². The number of carbonyl (C=O) groups excluding carboxylic acids is 2. The lowest BCUT2D eigenvalue weighted by atomic mass is 10.0. The number of piperidine rings is 1. The summed E-state index contributed by atoms with van der Waals surface area (Å²) < 4.78 is 0.988. The van der Waals surface area contributed by atoms with Gasteiger partial charge < -0.3 is 10.2 Å². The van der Waals surface area contributed by atoms with E-state index >= 15 is 0 Å². The number of amides is 2. The van der Waals surface area contributed by atoms with E-state index in [-0.39, 0.29) is 17.9 Å². The van der Waals surface area contributed by atoms with Gasteiger partial charge in [-0.15, -0.1) is 0 Å². The van der Waals surface area contributed by atoms with Gasteiger partial charge >= 0.3 is 0 Å². The highest BCUT2D eigenvalue weighted by molar-refractivity contribution is 9.10. The molecule has 2 aromatic carbocycles. The summed E-state index contributed by atoms with van der Waals surface area (Å²) in [5, 5.41) is 3.06. The van der Waals surface area contributed by atoms with Crippen molar-refractivity contribution in [1.29, 1.82) is 0 Å². The van der Waals surface area contributed by atoms with Crippen molar-refractivity contribution in [2.75, 3.05) is 13.1 Å². The third-order valence-electron chi connectivity index (χ3n) is 4.44. The van der Waals surface area contributed by atoms with Crippen LogP contribution in [0.5, 0.6) is 0 Å². The molecule has 0 saturated carbocycles. The van der Waals surface area contributed by atoms with Gasteiger partial charge in [0, 0.05) is 35.2 Å². The van der Waals surface area contributed by atoms with E-state index in [4.69, 9.17) is 0 Å². The van der Waals surface area contributed by atoms with Crippen molar-refractivity contribution in [1.82, 2.24) is 10.2 Å². The molecule has 0 unspecified atom stereocenters. The Morgan fingerprint density at radius 3 is 2.46 bits per heavy atom. The van der Waals surface area contributed by atoms with Crippen LogP contribution in [0.2, 0.25) is 0 Å². The largest absolute Gasteiger partial charge is 0.349 e. The Labute approximate surface area is 162 Å². The van der Waals surface area contributed by atoms with Crippen molar-refractivity contribution in [3.63, 3.8) is 0 Å². The Morgan fingerprint density at radius 2 is 1.77 bits per heavy atom. The van der Waals surface area contributed by atoms with E-state index < -0.39 is 0 Å². The second-order valence-electron chi connectivity index (χ2n) is 6.33. The number of rotatable bonds is 4. The van der Waals surface area contributed by atoms with Crippen LogP contribution in [-0.4, -0.2) is 35.8 Å².